The third-order valence-corrected chi connectivity index (χ3v) is 2.97. The number of carboxylic acids is 1. The van der Waals surface area contributed by atoms with Crippen molar-refractivity contribution >= 4 is 21.9 Å². The maximum atomic E-state index is 11.1. The molecule has 0 radical (unpaired) electrons. The molecule has 0 amide bonds. The van der Waals surface area contributed by atoms with Gasteiger partial charge in [-0.3, -0.25) is 4.68 Å². The lowest BCUT2D eigenvalue weighted by atomic mass is 10.2. The Kier molecular flexibility index (Phi) is 3.61. The number of carboxylic acid groups (broad SMARTS) is 1. The van der Waals surface area contributed by atoms with E-state index in [1.165, 1.54) is 12.4 Å². The predicted octanol–water partition coefficient (Wildman–Crippen LogP) is 1.85. The Labute approximate surface area is 111 Å². The molecule has 94 valence electrons. The molecule has 0 saturated heterocycles. The van der Waals surface area contributed by atoms with Crippen LogP contribution in [-0.2, 0) is 13.7 Å². The van der Waals surface area contributed by atoms with Crippen LogP contribution in [0.3, 0.4) is 0 Å². The molecule has 0 unspecified atom stereocenters. The van der Waals surface area contributed by atoms with E-state index in [9.17, 15) is 4.79 Å². The van der Waals surface area contributed by atoms with Crippen LogP contribution in [0.25, 0.3) is 0 Å². The van der Waals surface area contributed by atoms with Crippen LogP contribution in [0.15, 0.2) is 29.0 Å². The largest absolute Gasteiger partial charge is 0.484 e. The smallest absolute Gasteiger partial charge is 0.339 e. The van der Waals surface area contributed by atoms with Crippen molar-refractivity contribution in [3.05, 3.63) is 40.4 Å². The number of hydrogen-bond acceptors (Lipinski definition) is 4. The standard InChI is InChI=1S/C11H10BrN3O3/c1-15-9(13-6-14-15)5-18-10-7(11(16)17)3-2-4-8(10)12/h2-4,6H,5H2,1H3,(H,16,17). The third-order valence-electron chi connectivity index (χ3n) is 2.35. The van der Waals surface area contributed by atoms with Crippen LogP contribution in [0, 0.1) is 0 Å². The van der Waals surface area contributed by atoms with E-state index in [1.807, 2.05) is 0 Å². The van der Waals surface area contributed by atoms with Gasteiger partial charge in [0.2, 0.25) is 0 Å². The fourth-order valence-corrected chi connectivity index (χ4v) is 1.89. The summed E-state index contributed by atoms with van der Waals surface area (Å²) in [6.07, 6.45) is 1.41. The molecule has 0 fully saturated rings. The van der Waals surface area contributed by atoms with Crippen molar-refractivity contribution < 1.29 is 14.6 Å². The van der Waals surface area contributed by atoms with Gasteiger partial charge < -0.3 is 9.84 Å². The van der Waals surface area contributed by atoms with Gasteiger partial charge in [0.1, 0.15) is 24.2 Å². The molecule has 0 atom stereocenters. The molecule has 1 aromatic carbocycles. The van der Waals surface area contributed by atoms with E-state index in [1.54, 1.807) is 23.9 Å². The van der Waals surface area contributed by atoms with Crippen LogP contribution < -0.4 is 4.74 Å². The van der Waals surface area contributed by atoms with Gasteiger partial charge in [0, 0.05) is 7.05 Å². The predicted molar refractivity (Wildman–Crippen MR) is 66.4 cm³/mol. The van der Waals surface area contributed by atoms with Gasteiger partial charge in [-0.1, -0.05) is 6.07 Å². The average Bonchev–Trinajstić information content (AvgIpc) is 2.73. The van der Waals surface area contributed by atoms with Gasteiger partial charge in [-0.05, 0) is 28.1 Å². The van der Waals surface area contributed by atoms with Crippen molar-refractivity contribution in [2.24, 2.45) is 7.05 Å². The number of aryl methyl sites for hydroxylation is 1. The van der Waals surface area contributed by atoms with Gasteiger partial charge in [0.05, 0.1) is 4.47 Å². The quantitative estimate of drug-likeness (QED) is 0.932. The summed E-state index contributed by atoms with van der Waals surface area (Å²) in [5.74, 6) is -0.139. The molecule has 18 heavy (non-hydrogen) atoms. The van der Waals surface area contributed by atoms with E-state index in [-0.39, 0.29) is 17.9 Å². The van der Waals surface area contributed by atoms with Crippen LogP contribution in [0.5, 0.6) is 5.75 Å². The average molecular weight is 312 g/mol. The summed E-state index contributed by atoms with van der Waals surface area (Å²) < 4.78 is 7.66. The number of halogens is 1. The summed E-state index contributed by atoms with van der Waals surface area (Å²) in [5, 5.41) is 13.0. The minimum Gasteiger partial charge on any atom is -0.484 e. The van der Waals surface area contributed by atoms with Crippen molar-refractivity contribution in [2.75, 3.05) is 0 Å². The first-order valence-electron chi connectivity index (χ1n) is 5.07. The molecule has 0 aliphatic heterocycles. The lowest BCUT2D eigenvalue weighted by Crippen LogP contribution is -2.08. The molecule has 0 saturated carbocycles. The lowest BCUT2D eigenvalue weighted by Gasteiger charge is -2.10. The Morgan fingerprint density at radius 2 is 2.33 bits per heavy atom. The number of aromatic nitrogens is 3. The van der Waals surface area contributed by atoms with Crippen LogP contribution in [0.2, 0.25) is 0 Å². The highest BCUT2D eigenvalue weighted by Gasteiger charge is 2.15. The molecule has 0 bridgehead atoms. The number of ether oxygens (including phenoxy) is 1. The fraction of sp³-hybridized carbons (Fsp3) is 0.182. The monoisotopic (exact) mass is 311 g/mol. The Morgan fingerprint density at radius 1 is 1.56 bits per heavy atom. The number of aromatic carboxylic acids is 1. The number of carbonyl (C=O) groups is 1. The number of rotatable bonds is 4. The minimum absolute atomic E-state index is 0.103. The summed E-state index contributed by atoms with van der Waals surface area (Å²) in [5.41, 5.74) is 0.103. The molecule has 2 aromatic rings. The normalized spacial score (nSPS) is 10.3. The van der Waals surface area contributed by atoms with Crippen molar-refractivity contribution in [3.8, 4) is 5.75 Å². The van der Waals surface area contributed by atoms with E-state index in [0.717, 1.165) is 0 Å². The van der Waals surface area contributed by atoms with E-state index in [0.29, 0.717) is 10.3 Å². The van der Waals surface area contributed by atoms with Gasteiger partial charge in [-0.2, -0.15) is 5.10 Å². The summed E-state index contributed by atoms with van der Waals surface area (Å²) in [6.45, 7) is 0.152. The molecule has 0 aliphatic carbocycles. The molecule has 1 N–H and O–H groups in total. The molecular formula is C11H10BrN3O3. The van der Waals surface area contributed by atoms with Gasteiger partial charge in [-0.25, -0.2) is 9.78 Å². The highest BCUT2D eigenvalue weighted by Crippen LogP contribution is 2.29. The zero-order chi connectivity index (χ0) is 13.1. The van der Waals surface area contributed by atoms with Crippen LogP contribution >= 0.6 is 15.9 Å². The summed E-state index contributed by atoms with van der Waals surface area (Å²) in [6, 6.07) is 4.85. The molecule has 1 heterocycles. The molecular weight excluding hydrogens is 302 g/mol. The highest BCUT2D eigenvalue weighted by molar-refractivity contribution is 9.10. The fourth-order valence-electron chi connectivity index (χ4n) is 1.41. The Bertz CT molecular complexity index is 583. The first kappa shape index (κ1) is 12.6. The summed E-state index contributed by atoms with van der Waals surface area (Å²) in [7, 11) is 1.74. The Morgan fingerprint density at radius 3 is 2.94 bits per heavy atom. The molecule has 0 aliphatic rings. The lowest BCUT2D eigenvalue weighted by molar-refractivity contribution is 0.0691. The Balaban J connectivity index is 2.24. The van der Waals surface area contributed by atoms with E-state index >= 15 is 0 Å². The highest BCUT2D eigenvalue weighted by atomic mass is 79.9. The van der Waals surface area contributed by atoms with Gasteiger partial charge >= 0.3 is 5.97 Å². The number of para-hydroxylation sites is 1. The van der Waals surface area contributed by atoms with Gasteiger partial charge in [0.15, 0.2) is 5.82 Å². The second kappa shape index (κ2) is 5.18. The zero-order valence-electron chi connectivity index (χ0n) is 9.50. The van der Waals surface area contributed by atoms with E-state index < -0.39 is 5.97 Å². The molecule has 1 aromatic heterocycles. The topological polar surface area (TPSA) is 77.2 Å². The van der Waals surface area contributed by atoms with Crippen LogP contribution in [0.4, 0.5) is 0 Å². The molecule has 0 spiro atoms. The second-order valence-corrected chi connectivity index (χ2v) is 4.36. The number of nitrogens with zero attached hydrogens (tertiary/aromatic N) is 3. The number of hydrogen-bond donors (Lipinski definition) is 1. The zero-order valence-corrected chi connectivity index (χ0v) is 11.1. The van der Waals surface area contributed by atoms with Gasteiger partial charge in [-0.15, -0.1) is 0 Å². The van der Waals surface area contributed by atoms with Crippen LogP contribution in [-0.4, -0.2) is 25.8 Å². The molecule has 2 rings (SSSR count). The second-order valence-electron chi connectivity index (χ2n) is 3.51. The summed E-state index contributed by atoms with van der Waals surface area (Å²) >= 11 is 3.27. The van der Waals surface area contributed by atoms with E-state index in [4.69, 9.17) is 9.84 Å². The maximum absolute atomic E-state index is 11.1. The minimum atomic E-state index is -1.04. The maximum Gasteiger partial charge on any atom is 0.339 e. The first-order valence-corrected chi connectivity index (χ1v) is 5.86. The third kappa shape index (κ3) is 2.51. The molecule has 7 heteroatoms. The van der Waals surface area contributed by atoms with Gasteiger partial charge in [0.25, 0.3) is 0 Å². The van der Waals surface area contributed by atoms with Crippen molar-refractivity contribution in [1.82, 2.24) is 14.8 Å². The Hall–Kier alpha value is -1.89. The summed E-state index contributed by atoms with van der Waals surface area (Å²) in [4.78, 5) is 15.1. The van der Waals surface area contributed by atoms with Crippen LogP contribution in [0.1, 0.15) is 16.2 Å². The van der Waals surface area contributed by atoms with Crippen molar-refractivity contribution in [2.45, 2.75) is 6.61 Å². The van der Waals surface area contributed by atoms with E-state index in [2.05, 4.69) is 26.0 Å². The first-order chi connectivity index (χ1) is 8.59. The molecule has 6 nitrogen and oxygen atoms in total. The van der Waals surface area contributed by atoms with Crippen molar-refractivity contribution in [1.29, 1.82) is 0 Å². The van der Waals surface area contributed by atoms with Crippen molar-refractivity contribution in [3.63, 3.8) is 0 Å². The SMILES string of the molecule is Cn1ncnc1COc1c(Br)cccc1C(=O)O. The number of benzene rings is 1.